The van der Waals surface area contributed by atoms with Crippen LogP contribution in [0.1, 0.15) is 19.8 Å². The molecule has 1 aromatic rings. The number of amides is 1. The fourth-order valence-electron chi connectivity index (χ4n) is 1.22. The molecule has 1 unspecified atom stereocenters. The molecule has 0 saturated carbocycles. The minimum absolute atomic E-state index is 0. The van der Waals surface area contributed by atoms with Crippen LogP contribution in [0.15, 0.2) is 21.5 Å². The van der Waals surface area contributed by atoms with E-state index in [0.717, 1.165) is 6.42 Å². The van der Waals surface area contributed by atoms with E-state index in [4.69, 9.17) is 5.73 Å². The zero-order chi connectivity index (χ0) is 12.1. The minimum Gasteiger partial charge on any atom is -0.326 e. The second-order valence-corrected chi connectivity index (χ2v) is 4.36. The summed E-state index contributed by atoms with van der Waals surface area (Å²) in [6.45, 7) is 1.94. The van der Waals surface area contributed by atoms with Gasteiger partial charge in [0.2, 0.25) is 5.91 Å². The van der Waals surface area contributed by atoms with Gasteiger partial charge in [-0.05, 0) is 28.4 Å². The quantitative estimate of drug-likeness (QED) is 0.767. The van der Waals surface area contributed by atoms with Gasteiger partial charge in [0.15, 0.2) is 0 Å². The molecule has 1 rings (SSSR count). The molecule has 0 aliphatic rings. The molecule has 0 fully saturated rings. The average Bonchev–Trinajstić information content (AvgIpc) is 2.23. The highest BCUT2D eigenvalue weighted by Crippen LogP contribution is 2.10. The lowest BCUT2D eigenvalue weighted by atomic mass is 10.1. The second kappa shape index (κ2) is 9.38. The number of nitrogens with two attached hydrogens (primary N) is 1. The van der Waals surface area contributed by atoms with E-state index in [0.29, 0.717) is 10.9 Å². The monoisotopic (exact) mass is 359 g/mol. The van der Waals surface area contributed by atoms with Gasteiger partial charge in [0.05, 0.1) is 6.04 Å². The van der Waals surface area contributed by atoms with Crippen LogP contribution in [0, 0.1) is 0 Å². The van der Waals surface area contributed by atoms with Crippen LogP contribution < -0.4 is 16.6 Å². The minimum atomic E-state index is -0.580. The Balaban J connectivity index is 0. The van der Waals surface area contributed by atoms with Crippen LogP contribution in [-0.2, 0) is 4.79 Å². The fraction of sp³-hybridized carbons (Fsp3) is 0.400. The van der Waals surface area contributed by atoms with Gasteiger partial charge >= 0.3 is 0 Å². The van der Waals surface area contributed by atoms with Crippen molar-refractivity contribution in [3.8, 4) is 0 Å². The molecule has 8 heteroatoms. The summed E-state index contributed by atoms with van der Waals surface area (Å²) in [7, 11) is 0. The molecule has 1 aromatic heterocycles. The van der Waals surface area contributed by atoms with Crippen molar-refractivity contribution in [2.45, 2.75) is 25.8 Å². The number of anilines is 1. The Bertz CT molecular complexity index is 439. The summed E-state index contributed by atoms with van der Waals surface area (Å²) in [6, 6.07) is 0.957. The van der Waals surface area contributed by atoms with E-state index in [9.17, 15) is 9.59 Å². The SMILES string of the molecule is CCCC(N)C(=O)Nc1cc(Br)c[nH]c1=O.Cl.Cl. The predicted molar refractivity (Wildman–Crippen MR) is 80.8 cm³/mol. The van der Waals surface area contributed by atoms with Gasteiger partial charge in [0.1, 0.15) is 5.69 Å². The Labute approximate surface area is 126 Å². The van der Waals surface area contributed by atoms with Gasteiger partial charge < -0.3 is 16.0 Å². The molecule has 18 heavy (non-hydrogen) atoms. The van der Waals surface area contributed by atoms with Crippen molar-refractivity contribution < 1.29 is 4.79 Å². The number of hydrogen-bond acceptors (Lipinski definition) is 3. The van der Waals surface area contributed by atoms with E-state index in [2.05, 4.69) is 26.2 Å². The number of carbonyl (C=O) groups excluding carboxylic acids is 1. The smallest absolute Gasteiger partial charge is 0.271 e. The molecule has 1 amide bonds. The van der Waals surface area contributed by atoms with Crippen LogP contribution in [-0.4, -0.2) is 16.9 Å². The van der Waals surface area contributed by atoms with Gasteiger partial charge in [-0.2, -0.15) is 0 Å². The molecule has 0 aromatic carbocycles. The number of H-pyrrole nitrogens is 1. The largest absolute Gasteiger partial charge is 0.326 e. The highest BCUT2D eigenvalue weighted by molar-refractivity contribution is 9.10. The summed E-state index contributed by atoms with van der Waals surface area (Å²) in [5, 5.41) is 2.50. The van der Waals surface area contributed by atoms with E-state index >= 15 is 0 Å². The lowest BCUT2D eigenvalue weighted by Crippen LogP contribution is -2.36. The van der Waals surface area contributed by atoms with Crippen LogP contribution in [0.4, 0.5) is 5.69 Å². The lowest BCUT2D eigenvalue weighted by molar-refractivity contribution is -0.117. The van der Waals surface area contributed by atoms with Crippen LogP contribution in [0.25, 0.3) is 0 Å². The number of aromatic amines is 1. The molecule has 4 N–H and O–H groups in total. The van der Waals surface area contributed by atoms with Crippen LogP contribution in [0.5, 0.6) is 0 Å². The molecule has 1 atom stereocenters. The molecular formula is C10H16BrCl2N3O2. The molecule has 104 valence electrons. The molecular weight excluding hydrogens is 345 g/mol. The van der Waals surface area contributed by atoms with Gasteiger partial charge in [-0.15, -0.1) is 24.8 Å². The van der Waals surface area contributed by atoms with Gasteiger partial charge in [0, 0.05) is 10.7 Å². The molecule has 0 spiro atoms. The number of pyridine rings is 1. The molecule has 5 nitrogen and oxygen atoms in total. The first-order valence-corrected chi connectivity index (χ1v) is 5.78. The Morgan fingerprint density at radius 2 is 2.17 bits per heavy atom. The van der Waals surface area contributed by atoms with Gasteiger partial charge in [-0.3, -0.25) is 9.59 Å². The van der Waals surface area contributed by atoms with Gasteiger partial charge in [-0.25, -0.2) is 0 Å². The predicted octanol–water partition coefficient (Wildman–Crippen LogP) is 2.05. The zero-order valence-electron chi connectivity index (χ0n) is 9.73. The molecule has 1 heterocycles. The van der Waals surface area contributed by atoms with Crippen molar-refractivity contribution >= 4 is 52.3 Å². The number of nitrogens with one attached hydrogen (secondary N) is 2. The average molecular weight is 361 g/mol. The molecule has 0 bridgehead atoms. The van der Waals surface area contributed by atoms with Gasteiger partial charge in [0.25, 0.3) is 5.56 Å². The van der Waals surface area contributed by atoms with E-state index < -0.39 is 6.04 Å². The zero-order valence-corrected chi connectivity index (χ0v) is 13.0. The van der Waals surface area contributed by atoms with Crippen molar-refractivity contribution in [3.63, 3.8) is 0 Å². The maximum atomic E-state index is 11.6. The molecule has 0 aliphatic heterocycles. The lowest BCUT2D eigenvalue weighted by Gasteiger charge is -2.10. The van der Waals surface area contributed by atoms with Gasteiger partial charge in [-0.1, -0.05) is 13.3 Å². The first-order chi connectivity index (χ1) is 7.54. The number of carbonyl (C=O) groups is 1. The van der Waals surface area contributed by atoms with E-state index in [-0.39, 0.29) is 42.0 Å². The standard InChI is InChI=1S/C10H14BrN3O2.2ClH/c1-2-3-7(12)9(15)14-8-4-6(11)5-13-10(8)16;;/h4-5,7H,2-3,12H2,1H3,(H,13,16)(H,14,15);2*1H. The topological polar surface area (TPSA) is 88.0 Å². The Hall–Kier alpha value is -0.560. The van der Waals surface area contributed by atoms with Crippen molar-refractivity contribution in [2.24, 2.45) is 5.73 Å². The first-order valence-electron chi connectivity index (χ1n) is 4.99. The summed E-state index contributed by atoms with van der Waals surface area (Å²) in [4.78, 5) is 25.4. The van der Waals surface area contributed by atoms with E-state index in [1.165, 1.54) is 12.3 Å². The van der Waals surface area contributed by atoms with Crippen LogP contribution >= 0.6 is 40.7 Å². The Morgan fingerprint density at radius 3 is 2.72 bits per heavy atom. The summed E-state index contributed by atoms with van der Waals surface area (Å²) in [5.74, 6) is -0.342. The normalized spacial score (nSPS) is 10.8. The fourth-order valence-corrected chi connectivity index (χ4v) is 1.56. The summed E-state index contributed by atoms with van der Waals surface area (Å²) in [6.07, 6.45) is 2.92. The summed E-state index contributed by atoms with van der Waals surface area (Å²) >= 11 is 3.20. The molecule has 0 aliphatic carbocycles. The number of aromatic nitrogens is 1. The number of halogens is 3. The summed E-state index contributed by atoms with van der Waals surface area (Å²) in [5.41, 5.74) is 5.48. The maximum absolute atomic E-state index is 11.6. The third-order valence-electron chi connectivity index (χ3n) is 2.06. The highest BCUT2D eigenvalue weighted by Gasteiger charge is 2.13. The van der Waals surface area contributed by atoms with Crippen LogP contribution in [0.3, 0.4) is 0 Å². The second-order valence-electron chi connectivity index (χ2n) is 3.45. The van der Waals surface area contributed by atoms with Crippen LogP contribution in [0.2, 0.25) is 0 Å². The highest BCUT2D eigenvalue weighted by atomic mass is 79.9. The molecule has 0 radical (unpaired) electrons. The number of rotatable bonds is 4. The maximum Gasteiger partial charge on any atom is 0.271 e. The molecule has 0 saturated heterocycles. The third kappa shape index (κ3) is 5.86. The van der Waals surface area contributed by atoms with Crippen molar-refractivity contribution in [1.82, 2.24) is 4.98 Å². The Kier molecular flexibility index (Phi) is 10.3. The van der Waals surface area contributed by atoms with Crippen molar-refractivity contribution in [2.75, 3.05) is 5.32 Å². The Morgan fingerprint density at radius 1 is 1.56 bits per heavy atom. The third-order valence-corrected chi connectivity index (χ3v) is 2.52. The van der Waals surface area contributed by atoms with Crippen molar-refractivity contribution in [1.29, 1.82) is 0 Å². The van der Waals surface area contributed by atoms with Crippen molar-refractivity contribution in [3.05, 3.63) is 27.1 Å². The van der Waals surface area contributed by atoms with E-state index in [1.807, 2.05) is 6.92 Å². The van der Waals surface area contributed by atoms with E-state index in [1.54, 1.807) is 0 Å². The number of hydrogen-bond donors (Lipinski definition) is 3. The first kappa shape index (κ1) is 19.8. The summed E-state index contributed by atoms with van der Waals surface area (Å²) < 4.78 is 0.687.